The smallest absolute Gasteiger partial charge is 0.152 e. The maximum absolute atomic E-state index is 13.1. The molecule has 3 nitrogen and oxygen atoms in total. The van der Waals surface area contributed by atoms with Crippen molar-refractivity contribution in [1.29, 1.82) is 0 Å². The Bertz CT molecular complexity index is 1280. The van der Waals surface area contributed by atoms with Gasteiger partial charge in [0.15, 0.2) is 4.90 Å². The number of benzene rings is 3. The first-order valence-corrected chi connectivity index (χ1v) is 13.4. The predicted octanol–water partition coefficient (Wildman–Crippen LogP) is 6.99. The molecule has 1 aliphatic heterocycles. The summed E-state index contributed by atoms with van der Waals surface area (Å²) in [4.78, 5) is 4.34. The van der Waals surface area contributed by atoms with Gasteiger partial charge in [-0.05, 0) is 99.1 Å². The zero-order valence-electron chi connectivity index (χ0n) is 17.8. The molecule has 33 heavy (non-hydrogen) atoms. The fourth-order valence-corrected chi connectivity index (χ4v) is 6.22. The Morgan fingerprint density at radius 3 is 2.58 bits per heavy atom. The average molecular weight is 546 g/mol. The van der Waals surface area contributed by atoms with Gasteiger partial charge >= 0.3 is 0 Å². The molecule has 0 spiro atoms. The Kier molecular flexibility index (Phi) is 6.81. The third-order valence-electron chi connectivity index (χ3n) is 6.23. The van der Waals surface area contributed by atoms with E-state index < -0.39 is 11.2 Å². The van der Waals surface area contributed by atoms with E-state index in [0.29, 0.717) is 16.7 Å². The Morgan fingerprint density at radius 2 is 1.82 bits per heavy atom. The van der Waals surface area contributed by atoms with Crippen LogP contribution >= 0.6 is 27.5 Å². The highest BCUT2D eigenvalue weighted by molar-refractivity contribution is 9.10. The van der Waals surface area contributed by atoms with Gasteiger partial charge in [0.1, 0.15) is 11.6 Å². The van der Waals surface area contributed by atoms with E-state index in [4.69, 9.17) is 11.6 Å². The minimum atomic E-state index is -1.10. The standard InChI is InChI=1S/C26H23BrClFN2OS/c27-23-12-11-21(16-3-5-17(28)6-4-16)25-22-15-30-19(14-24(22)31-26(23)25)2-1-13-33(32)20-9-7-18(29)8-10-20/h3-12,19,30-31H,1-2,13-15H2. The molecule has 170 valence electrons. The molecular formula is C26H23BrClFN2OS. The molecule has 3 aromatic carbocycles. The van der Waals surface area contributed by atoms with Crippen molar-refractivity contribution >= 4 is 49.6 Å². The van der Waals surface area contributed by atoms with Crippen molar-refractivity contribution in [2.45, 2.75) is 36.7 Å². The lowest BCUT2D eigenvalue weighted by Gasteiger charge is -2.24. The highest BCUT2D eigenvalue weighted by Gasteiger charge is 2.25. The Hall–Kier alpha value is -1.83. The van der Waals surface area contributed by atoms with Crippen LogP contribution in [-0.2, 0) is 24.1 Å². The van der Waals surface area contributed by atoms with Gasteiger partial charge in [0.25, 0.3) is 0 Å². The fraction of sp³-hybridized carbons (Fsp3) is 0.231. The number of H-pyrrole nitrogens is 1. The monoisotopic (exact) mass is 544 g/mol. The van der Waals surface area contributed by atoms with Gasteiger partial charge in [-0.3, -0.25) is 0 Å². The van der Waals surface area contributed by atoms with Gasteiger partial charge in [-0.25, -0.2) is 4.39 Å². The van der Waals surface area contributed by atoms with Crippen LogP contribution in [0.3, 0.4) is 0 Å². The van der Waals surface area contributed by atoms with Crippen molar-refractivity contribution < 1.29 is 8.94 Å². The number of hydrogen-bond acceptors (Lipinski definition) is 2. The van der Waals surface area contributed by atoms with Crippen LogP contribution in [0.15, 0.2) is 70.0 Å². The van der Waals surface area contributed by atoms with E-state index in [1.54, 1.807) is 12.1 Å². The third-order valence-corrected chi connectivity index (χ3v) is 8.60. The lowest BCUT2D eigenvalue weighted by Crippen LogP contribution is -2.35. The fourth-order valence-electron chi connectivity index (χ4n) is 4.56. The molecule has 4 aromatic rings. The summed E-state index contributed by atoms with van der Waals surface area (Å²) in [5.41, 5.74) is 6.02. The van der Waals surface area contributed by atoms with Gasteiger partial charge in [-0.2, -0.15) is 0 Å². The molecule has 2 heterocycles. The summed E-state index contributed by atoms with van der Waals surface area (Å²) < 4.78 is 26.6. The van der Waals surface area contributed by atoms with Crippen molar-refractivity contribution in [1.82, 2.24) is 10.3 Å². The topological polar surface area (TPSA) is 50.9 Å². The summed E-state index contributed by atoms with van der Waals surface area (Å²) in [7, 11) is 0. The van der Waals surface area contributed by atoms with E-state index in [9.17, 15) is 8.94 Å². The summed E-state index contributed by atoms with van der Waals surface area (Å²) >= 11 is 8.71. The lowest BCUT2D eigenvalue weighted by molar-refractivity contribution is 0.445. The first-order valence-electron chi connectivity index (χ1n) is 10.9. The largest absolute Gasteiger partial charge is 0.611 e. The maximum atomic E-state index is 13.1. The lowest BCUT2D eigenvalue weighted by atomic mass is 9.94. The zero-order valence-corrected chi connectivity index (χ0v) is 21.0. The Balaban J connectivity index is 1.31. The molecule has 2 unspecified atom stereocenters. The first-order chi connectivity index (χ1) is 16.0. The molecule has 5 rings (SSSR count). The molecule has 2 N–H and O–H groups in total. The first kappa shape index (κ1) is 22.9. The second-order valence-electron chi connectivity index (χ2n) is 8.36. The minimum Gasteiger partial charge on any atom is -0.611 e. The van der Waals surface area contributed by atoms with Crippen LogP contribution < -0.4 is 5.32 Å². The number of fused-ring (bicyclic) bond motifs is 3. The second-order valence-corrected chi connectivity index (χ2v) is 11.2. The highest BCUT2D eigenvalue weighted by Crippen LogP contribution is 2.38. The number of nitrogens with one attached hydrogen (secondary N) is 2. The summed E-state index contributed by atoms with van der Waals surface area (Å²) in [6.07, 6.45) is 2.68. The molecule has 0 radical (unpaired) electrons. The third kappa shape index (κ3) is 4.86. The molecule has 0 bridgehead atoms. The SMILES string of the molecule is [O-][S+](CCCC1Cc2[nH]c3c(Br)ccc(-c4ccc(Cl)cc4)c3c2CN1)c1ccc(F)cc1. The quantitative estimate of drug-likeness (QED) is 0.257. The molecule has 1 aromatic heterocycles. The van der Waals surface area contributed by atoms with Crippen LogP contribution in [0.25, 0.3) is 22.0 Å². The van der Waals surface area contributed by atoms with Crippen LogP contribution in [-0.4, -0.2) is 21.3 Å². The van der Waals surface area contributed by atoms with Crippen LogP contribution in [0, 0.1) is 5.82 Å². The van der Waals surface area contributed by atoms with E-state index in [1.807, 2.05) is 12.1 Å². The van der Waals surface area contributed by atoms with Crippen LogP contribution in [0.1, 0.15) is 24.1 Å². The van der Waals surface area contributed by atoms with Crippen molar-refractivity contribution in [2.24, 2.45) is 0 Å². The normalized spacial score (nSPS) is 16.7. The zero-order chi connectivity index (χ0) is 22.9. The molecule has 0 aliphatic carbocycles. The van der Waals surface area contributed by atoms with Crippen molar-refractivity contribution in [3.05, 3.63) is 87.2 Å². The van der Waals surface area contributed by atoms with Gasteiger partial charge in [0.2, 0.25) is 0 Å². The van der Waals surface area contributed by atoms with Crippen molar-refractivity contribution in [2.75, 3.05) is 5.75 Å². The summed E-state index contributed by atoms with van der Waals surface area (Å²) in [5, 5.41) is 5.65. The molecule has 2 atom stereocenters. The Labute approximate surface area is 209 Å². The van der Waals surface area contributed by atoms with E-state index in [0.717, 1.165) is 46.4 Å². The average Bonchev–Trinajstić information content (AvgIpc) is 3.20. The van der Waals surface area contributed by atoms with Crippen LogP contribution in [0.5, 0.6) is 0 Å². The summed E-state index contributed by atoms with van der Waals surface area (Å²) in [6.45, 7) is 0.790. The van der Waals surface area contributed by atoms with E-state index >= 15 is 0 Å². The van der Waals surface area contributed by atoms with E-state index in [1.165, 1.54) is 34.3 Å². The van der Waals surface area contributed by atoms with Gasteiger partial charge < -0.3 is 14.9 Å². The summed E-state index contributed by atoms with van der Waals surface area (Å²) in [6, 6.07) is 18.5. The van der Waals surface area contributed by atoms with Gasteiger partial charge in [-0.15, -0.1) is 0 Å². The number of rotatable bonds is 6. The van der Waals surface area contributed by atoms with Crippen LogP contribution in [0.4, 0.5) is 4.39 Å². The van der Waals surface area contributed by atoms with Crippen molar-refractivity contribution in [3.8, 4) is 11.1 Å². The van der Waals surface area contributed by atoms with Crippen molar-refractivity contribution in [3.63, 3.8) is 0 Å². The van der Waals surface area contributed by atoms with Gasteiger partial charge in [0, 0.05) is 39.6 Å². The molecule has 0 saturated heterocycles. The van der Waals surface area contributed by atoms with Gasteiger partial charge in [-0.1, -0.05) is 29.8 Å². The Morgan fingerprint density at radius 1 is 1.06 bits per heavy atom. The molecule has 0 saturated carbocycles. The molecule has 7 heteroatoms. The molecule has 0 amide bonds. The summed E-state index contributed by atoms with van der Waals surface area (Å²) in [5.74, 6) is 0.275. The minimum absolute atomic E-state index is 0.304. The van der Waals surface area contributed by atoms with Gasteiger partial charge in [0.05, 0.1) is 5.52 Å². The highest BCUT2D eigenvalue weighted by atomic mass is 79.9. The second kappa shape index (κ2) is 9.80. The number of halogens is 3. The number of hydrogen-bond donors (Lipinski definition) is 2. The van der Waals surface area contributed by atoms with E-state index in [-0.39, 0.29) is 5.82 Å². The molecular weight excluding hydrogens is 523 g/mol. The van der Waals surface area contributed by atoms with E-state index in [2.05, 4.69) is 50.5 Å². The van der Waals surface area contributed by atoms with Crippen LogP contribution in [0.2, 0.25) is 5.02 Å². The molecule has 0 fully saturated rings. The number of aromatic nitrogens is 1. The maximum Gasteiger partial charge on any atom is 0.152 e. The number of aromatic amines is 1. The molecule has 1 aliphatic rings. The predicted molar refractivity (Wildman–Crippen MR) is 138 cm³/mol.